The number of hydrogen-bond donors (Lipinski definition) is 1. The number of aromatic carboxylic acids is 1. The smallest absolute Gasteiger partial charge is 0.356 e. The van der Waals surface area contributed by atoms with E-state index in [2.05, 4.69) is 5.10 Å². The number of aromatic nitrogens is 2. The highest BCUT2D eigenvalue weighted by Crippen LogP contribution is 2.21. The zero-order valence-electron chi connectivity index (χ0n) is 9.89. The van der Waals surface area contributed by atoms with Gasteiger partial charge in [0.05, 0.1) is 5.69 Å². The Morgan fingerprint density at radius 3 is 2.58 bits per heavy atom. The summed E-state index contributed by atoms with van der Waals surface area (Å²) in [5, 5.41) is 12.8. The topological polar surface area (TPSA) is 98.5 Å². The summed E-state index contributed by atoms with van der Waals surface area (Å²) in [6.07, 6.45) is 0. The Balaban J connectivity index is 2.58. The van der Waals surface area contributed by atoms with Crippen LogP contribution in [0, 0.1) is 0 Å². The molecule has 1 aromatic carbocycles. The maximum absolute atomic E-state index is 11.0. The lowest BCUT2D eigenvalue weighted by Crippen LogP contribution is -2.22. The van der Waals surface area contributed by atoms with Gasteiger partial charge in [-0.25, -0.2) is 9.48 Å². The van der Waals surface area contributed by atoms with Crippen LogP contribution in [0.1, 0.15) is 10.5 Å². The molecular formula is C11H10N3O4S-. The second kappa shape index (κ2) is 5.21. The predicted molar refractivity (Wildman–Crippen MR) is 67.8 cm³/mol. The fraction of sp³-hybridized carbons (Fsp3) is 0.0909. The molecule has 1 atom stereocenters. The summed E-state index contributed by atoms with van der Waals surface area (Å²) in [6, 6.07) is 9.88. The van der Waals surface area contributed by atoms with Gasteiger partial charge < -0.3 is 9.66 Å². The van der Waals surface area contributed by atoms with Crippen molar-refractivity contribution in [3.63, 3.8) is 0 Å². The minimum absolute atomic E-state index is 0.150. The standard InChI is InChI=1S/C11H11N3O4S/c1-13(19(17)18)10-7-9(11(15)16)12-14(10)8-5-3-2-4-6-8/h2-7H,1H3,(H,15,16)(H,17,18)/p-1. The van der Waals surface area contributed by atoms with E-state index in [0.29, 0.717) is 5.69 Å². The van der Waals surface area contributed by atoms with Gasteiger partial charge in [0.15, 0.2) is 5.69 Å². The molecule has 1 unspecified atom stereocenters. The Labute approximate surface area is 111 Å². The van der Waals surface area contributed by atoms with E-state index in [4.69, 9.17) is 5.11 Å². The number of anilines is 1. The zero-order valence-corrected chi connectivity index (χ0v) is 10.7. The van der Waals surface area contributed by atoms with E-state index in [9.17, 15) is 13.6 Å². The van der Waals surface area contributed by atoms with Crippen molar-refractivity contribution in [1.29, 1.82) is 0 Å². The van der Waals surface area contributed by atoms with E-state index < -0.39 is 17.2 Å². The van der Waals surface area contributed by atoms with Crippen molar-refractivity contribution in [3.05, 3.63) is 42.1 Å². The van der Waals surface area contributed by atoms with Crippen molar-refractivity contribution >= 4 is 23.1 Å². The fourth-order valence-corrected chi connectivity index (χ4v) is 1.82. The molecule has 0 saturated heterocycles. The first-order chi connectivity index (χ1) is 9.00. The van der Waals surface area contributed by atoms with Crippen molar-refractivity contribution in [2.45, 2.75) is 0 Å². The highest BCUT2D eigenvalue weighted by molar-refractivity contribution is 7.80. The van der Waals surface area contributed by atoms with Crippen molar-refractivity contribution in [1.82, 2.24) is 9.78 Å². The Morgan fingerprint density at radius 2 is 2.05 bits per heavy atom. The molecule has 0 aliphatic rings. The molecule has 0 bridgehead atoms. The van der Waals surface area contributed by atoms with Crippen LogP contribution < -0.4 is 4.31 Å². The molecule has 0 spiro atoms. The number of para-hydroxylation sites is 1. The molecule has 0 saturated carbocycles. The van der Waals surface area contributed by atoms with Crippen molar-refractivity contribution in [3.8, 4) is 5.69 Å². The van der Waals surface area contributed by atoms with Gasteiger partial charge in [0.25, 0.3) is 0 Å². The Morgan fingerprint density at radius 1 is 1.42 bits per heavy atom. The number of nitrogens with zero attached hydrogens (tertiary/aromatic N) is 3. The minimum atomic E-state index is -2.52. The van der Waals surface area contributed by atoms with Crippen LogP contribution >= 0.6 is 0 Å². The number of carbonyl (C=O) groups is 1. The molecule has 0 fully saturated rings. The van der Waals surface area contributed by atoms with Crippen LogP contribution in [-0.2, 0) is 11.3 Å². The van der Waals surface area contributed by atoms with E-state index in [1.54, 1.807) is 30.3 Å². The first-order valence-electron chi connectivity index (χ1n) is 5.22. The second-order valence-corrected chi connectivity index (χ2v) is 4.64. The molecule has 7 nitrogen and oxygen atoms in total. The lowest BCUT2D eigenvalue weighted by molar-refractivity contribution is 0.0690. The predicted octanol–water partition coefficient (Wildman–Crippen LogP) is 0.801. The Hall–Kier alpha value is -2.19. The molecule has 2 aromatic rings. The van der Waals surface area contributed by atoms with Gasteiger partial charge in [-0.3, -0.25) is 8.51 Å². The van der Waals surface area contributed by atoms with Gasteiger partial charge in [-0.15, -0.1) is 0 Å². The summed E-state index contributed by atoms with van der Waals surface area (Å²) in [4.78, 5) is 10.9. The summed E-state index contributed by atoms with van der Waals surface area (Å²) in [7, 11) is 1.31. The molecular weight excluding hydrogens is 270 g/mol. The molecule has 1 aromatic heterocycles. The maximum Gasteiger partial charge on any atom is 0.356 e. The van der Waals surface area contributed by atoms with Gasteiger partial charge >= 0.3 is 5.97 Å². The number of carboxylic acids is 1. The SMILES string of the molecule is CN(c1cc(C(=O)O)nn1-c1ccccc1)S(=O)[O-]. The van der Waals surface area contributed by atoms with Gasteiger partial charge in [-0.05, 0) is 12.1 Å². The van der Waals surface area contributed by atoms with Crippen molar-refractivity contribution in [2.24, 2.45) is 0 Å². The van der Waals surface area contributed by atoms with Gasteiger partial charge in [0.1, 0.15) is 5.82 Å². The largest absolute Gasteiger partial charge is 0.755 e. The van der Waals surface area contributed by atoms with Crippen LogP contribution in [0.25, 0.3) is 5.69 Å². The summed E-state index contributed by atoms with van der Waals surface area (Å²) < 4.78 is 24.2. The van der Waals surface area contributed by atoms with Crippen LogP contribution in [0.3, 0.4) is 0 Å². The van der Waals surface area contributed by atoms with E-state index in [0.717, 1.165) is 4.31 Å². The lowest BCUT2D eigenvalue weighted by atomic mass is 10.3. The first-order valence-corrected chi connectivity index (χ1v) is 6.26. The van der Waals surface area contributed by atoms with Gasteiger partial charge in [0.2, 0.25) is 0 Å². The van der Waals surface area contributed by atoms with Gasteiger partial charge in [-0.1, -0.05) is 18.2 Å². The summed E-state index contributed by atoms with van der Waals surface area (Å²) in [6.45, 7) is 0. The van der Waals surface area contributed by atoms with Crippen molar-refractivity contribution < 1.29 is 18.7 Å². The van der Waals surface area contributed by atoms with Crippen molar-refractivity contribution in [2.75, 3.05) is 11.4 Å². The zero-order chi connectivity index (χ0) is 14.0. The highest BCUT2D eigenvalue weighted by atomic mass is 32.2. The van der Waals surface area contributed by atoms with Gasteiger partial charge in [0, 0.05) is 24.4 Å². The molecule has 8 heteroatoms. The third-order valence-corrected chi connectivity index (χ3v) is 3.09. The molecule has 0 radical (unpaired) electrons. The number of rotatable bonds is 4. The Kier molecular flexibility index (Phi) is 3.63. The second-order valence-electron chi connectivity index (χ2n) is 3.65. The van der Waals surface area contributed by atoms with Gasteiger partial charge in [-0.2, -0.15) is 5.10 Å². The number of benzene rings is 1. The molecule has 19 heavy (non-hydrogen) atoms. The maximum atomic E-state index is 11.0. The average Bonchev–Trinajstić information content (AvgIpc) is 2.83. The van der Waals surface area contributed by atoms with E-state index in [1.807, 2.05) is 0 Å². The normalized spacial score (nSPS) is 12.1. The minimum Gasteiger partial charge on any atom is -0.755 e. The van der Waals surface area contributed by atoms with Crippen LogP contribution in [0.4, 0.5) is 5.82 Å². The number of carboxylic acid groups (broad SMARTS) is 1. The highest BCUT2D eigenvalue weighted by Gasteiger charge is 2.17. The number of hydrogen-bond acceptors (Lipinski definition) is 4. The lowest BCUT2D eigenvalue weighted by Gasteiger charge is -2.21. The van der Waals surface area contributed by atoms with E-state index in [1.165, 1.54) is 17.8 Å². The molecule has 0 aliphatic carbocycles. The summed E-state index contributed by atoms with van der Waals surface area (Å²) in [5.41, 5.74) is 0.346. The monoisotopic (exact) mass is 280 g/mol. The first kappa shape index (κ1) is 13.2. The van der Waals surface area contributed by atoms with E-state index in [-0.39, 0.29) is 11.5 Å². The molecule has 1 N–H and O–H groups in total. The fourth-order valence-electron chi connectivity index (χ4n) is 1.54. The quantitative estimate of drug-likeness (QED) is 0.835. The average molecular weight is 280 g/mol. The van der Waals surface area contributed by atoms with Crippen LogP contribution in [0.5, 0.6) is 0 Å². The van der Waals surface area contributed by atoms with Crippen LogP contribution in [0.2, 0.25) is 0 Å². The van der Waals surface area contributed by atoms with E-state index >= 15 is 0 Å². The molecule has 2 rings (SSSR count). The third kappa shape index (κ3) is 2.64. The van der Waals surface area contributed by atoms with Crippen LogP contribution in [0.15, 0.2) is 36.4 Å². The summed E-state index contributed by atoms with van der Waals surface area (Å²) in [5.74, 6) is -1.07. The Bertz CT molecular complexity index is 626. The molecule has 0 aliphatic heterocycles. The molecule has 100 valence electrons. The molecule has 0 amide bonds. The molecule has 1 heterocycles. The van der Waals surface area contributed by atoms with Crippen LogP contribution in [-0.4, -0.2) is 36.7 Å². The third-order valence-electron chi connectivity index (χ3n) is 2.46. The summed E-state index contributed by atoms with van der Waals surface area (Å²) >= 11 is -2.52.